The van der Waals surface area contributed by atoms with Crippen LogP contribution in [0.25, 0.3) is 33.6 Å². The van der Waals surface area contributed by atoms with Crippen molar-refractivity contribution in [3.8, 4) is 21.9 Å². The first-order chi connectivity index (χ1) is 18.0. The van der Waals surface area contributed by atoms with E-state index in [1.54, 1.807) is 46.9 Å². The first-order valence-electron chi connectivity index (χ1n) is 11.5. The number of hydrogen-bond donors (Lipinski definition) is 0. The zero-order valence-corrected chi connectivity index (χ0v) is 21.9. The Morgan fingerprint density at radius 2 is 1.41 bits per heavy atom. The zero-order chi connectivity index (χ0) is 25.9. The number of nitrogens with zero attached hydrogens (tertiary/aromatic N) is 3. The van der Waals surface area contributed by atoms with E-state index in [0.717, 1.165) is 25.1 Å². The van der Waals surface area contributed by atoms with Crippen molar-refractivity contribution in [1.82, 2.24) is 0 Å². The van der Waals surface area contributed by atoms with E-state index in [1.807, 2.05) is 44.4 Å². The summed E-state index contributed by atoms with van der Waals surface area (Å²) in [5, 5.41) is 19.0. The number of fused-ring (bicyclic) bond motifs is 1. The summed E-state index contributed by atoms with van der Waals surface area (Å²) in [5.41, 5.74) is 4.24. The fourth-order valence-electron chi connectivity index (χ4n) is 4.19. The third-order valence-corrected chi connectivity index (χ3v) is 8.34. The van der Waals surface area contributed by atoms with E-state index in [0.29, 0.717) is 22.3 Å². The molecule has 2 aromatic heterocycles. The van der Waals surface area contributed by atoms with Crippen molar-refractivity contribution in [2.45, 2.75) is 0 Å². The molecule has 0 saturated heterocycles. The average molecular weight is 516 g/mol. The Labute approximate surface area is 224 Å². The molecule has 0 N–H and O–H groups in total. The second-order valence-electron chi connectivity index (χ2n) is 8.63. The third-order valence-electron chi connectivity index (χ3n) is 6.06. The predicted octanol–water partition coefficient (Wildman–Crippen LogP) is 7.79. The maximum absolute atomic E-state index is 13.1. The highest BCUT2D eigenvalue weighted by molar-refractivity contribution is 7.23. The molecule has 1 aliphatic carbocycles. The molecule has 4 aromatic rings. The standard InChI is InChI=1S/C31H21N3OS2/c1-34(2)22-10-7-20(8-11-22)9-12-23-13-15-28(36-23)29-16-14-24(37-29)17-27-30(21(18-32)19-33)25-5-3-4-6-26(25)31(27)35/h3-17H,1-2H3/b12-9+,27-17-. The topological polar surface area (TPSA) is 67.9 Å². The van der Waals surface area contributed by atoms with Crippen LogP contribution in [0.15, 0.2) is 83.9 Å². The lowest BCUT2D eigenvalue weighted by molar-refractivity contribution is 0.104. The van der Waals surface area contributed by atoms with Crippen LogP contribution in [-0.2, 0) is 0 Å². The second-order valence-corrected chi connectivity index (χ2v) is 10.9. The molecule has 0 fully saturated rings. The molecule has 0 saturated carbocycles. The van der Waals surface area contributed by atoms with Crippen LogP contribution in [-0.4, -0.2) is 19.9 Å². The van der Waals surface area contributed by atoms with E-state index >= 15 is 0 Å². The van der Waals surface area contributed by atoms with Gasteiger partial charge in [0.25, 0.3) is 0 Å². The van der Waals surface area contributed by atoms with Crippen LogP contribution in [0.4, 0.5) is 5.69 Å². The fraction of sp³-hybridized carbons (Fsp3) is 0.0645. The molecule has 0 unspecified atom stereocenters. The number of carbonyl (C=O) groups is 1. The molecule has 5 rings (SSSR count). The van der Waals surface area contributed by atoms with Crippen molar-refractivity contribution in [3.63, 3.8) is 0 Å². The summed E-state index contributed by atoms with van der Waals surface area (Å²) in [7, 11) is 4.06. The van der Waals surface area contributed by atoms with Crippen molar-refractivity contribution in [3.05, 3.63) is 110 Å². The Morgan fingerprint density at radius 3 is 2.05 bits per heavy atom. The van der Waals surface area contributed by atoms with E-state index < -0.39 is 0 Å². The van der Waals surface area contributed by atoms with Crippen LogP contribution < -0.4 is 4.90 Å². The number of anilines is 1. The van der Waals surface area contributed by atoms with Crippen LogP contribution in [0.1, 0.15) is 31.2 Å². The number of ketones is 1. The minimum atomic E-state index is -0.161. The Kier molecular flexibility index (Phi) is 6.70. The van der Waals surface area contributed by atoms with Crippen LogP contribution in [0, 0.1) is 22.7 Å². The fourth-order valence-corrected chi connectivity index (χ4v) is 6.14. The van der Waals surface area contributed by atoms with Crippen molar-refractivity contribution in [1.29, 1.82) is 10.5 Å². The summed E-state index contributed by atoms with van der Waals surface area (Å²) in [6, 6.07) is 27.7. The van der Waals surface area contributed by atoms with Crippen LogP contribution in [0.5, 0.6) is 0 Å². The molecule has 4 nitrogen and oxygen atoms in total. The molecule has 178 valence electrons. The molecule has 2 heterocycles. The molecular weight excluding hydrogens is 494 g/mol. The number of rotatable bonds is 5. The molecule has 0 atom stereocenters. The number of allylic oxidation sites excluding steroid dienone is 3. The van der Waals surface area contributed by atoms with Crippen molar-refractivity contribution in [2.24, 2.45) is 0 Å². The molecule has 0 aliphatic heterocycles. The molecular formula is C31H21N3OS2. The summed E-state index contributed by atoms with van der Waals surface area (Å²) >= 11 is 3.28. The van der Waals surface area contributed by atoms with E-state index in [4.69, 9.17) is 0 Å². The molecule has 0 radical (unpaired) electrons. The van der Waals surface area contributed by atoms with E-state index in [1.165, 1.54) is 5.69 Å². The van der Waals surface area contributed by atoms with Gasteiger partial charge in [0, 0.05) is 56.0 Å². The van der Waals surface area contributed by atoms with E-state index in [-0.39, 0.29) is 11.4 Å². The lowest BCUT2D eigenvalue weighted by Gasteiger charge is -2.11. The van der Waals surface area contributed by atoms with Gasteiger partial charge in [0.15, 0.2) is 5.78 Å². The molecule has 1 aliphatic rings. The van der Waals surface area contributed by atoms with E-state index in [2.05, 4.69) is 53.5 Å². The largest absolute Gasteiger partial charge is 0.378 e. The zero-order valence-electron chi connectivity index (χ0n) is 20.2. The number of nitriles is 2. The van der Waals surface area contributed by atoms with Gasteiger partial charge in [-0.15, -0.1) is 22.7 Å². The predicted molar refractivity (Wildman–Crippen MR) is 154 cm³/mol. The molecule has 37 heavy (non-hydrogen) atoms. The summed E-state index contributed by atoms with van der Waals surface area (Å²) in [4.78, 5) is 19.5. The van der Waals surface area contributed by atoms with Gasteiger partial charge in [-0.1, -0.05) is 42.5 Å². The number of hydrogen-bond acceptors (Lipinski definition) is 6. The number of benzene rings is 2. The van der Waals surface area contributed by atoms with Gasteiger partial charge >= 0.3 is 0 Å². The summed E-state index contributed by atoms with van der Waals surface area (Å²) in [5.74, 6) is -0.161. The number of thiophene rings is 2. The first kappa shape index (κ1) is 24.2. The van der Waals surface area contributed by atoms with Gasteiger partial charge in [-0.2, -0.15) is 10.5 Å². The molecule has 0 amide bonds. The van der Waals surface area contributed by atoms with Gasteiger partial charge in [0.05, 0.1) is 0 Å². The average Bonchev–Trinajstić information content (AvgIpc) is 3.64. The Morgan fingerprint density at radius 1 is 0.784 bits per heavy atom. The number of carbonyl (C=O) groups excluding carboxylic acids is 1. The molecule has 2 aromatic carbocycles. The highest BCUT2D eigenvalue weighted by atomic mass is 32.1. The summed E-state index contributed by atoms with van der Waals surface area (Å²) < 4.78 is 0. The normalized spacial score (nSPS) is 13.6. The minimum Gasteiger partial charge on any atom is -0.378 e. The highest BCUT2D eigenvalue weighted by Gasteiger charge is 2.32. The van der Waals surface area contributed by atoms with Crippen molar-refractivity contribution < 1.29 is 4.79 Å². The number of Topliss-reactive ketones (excluding diaryl/α,β-unsaturated/α-hetero) is 1. The van der Waals surface area contributed by atoms with Crippen molar-refractivity contribution in [2.75, 3.05) is 19.0 Å². The highest BCUT2D eigenvalue weighted by Crippen LogP contribution is 2.41. The Balaban J connectivity index is 1.41. The monoisotopic (exact) mass is 515 g/mol. The van der Waals surface area contributed by atoms with Gasteiger partial charge in [-0.3, -0.25) is 4.79 Å². The maximum Gasteiger partial charge on any atom is 0.194 e. The molecule has 0 spiro atoms. The lowest BCUT2D eigenvalue weighted by Crippen LogP contribution is -2.07. The Bertz CT molecular complexity index is 1670. The third kappa shape index (κ3) is 4.81. The summed E-state index contributed by atoms with van der Waals surface area (Å²) in [6.07, 6.45) is 6.02. The Hall–Kier alpha value is -4.49. The smallest absolute Gasteiger partial charge is 0.194 e. The van der Waals surface area contributed by atoms with Gasteiger partial charge in [0.1, 0.15) is 17.7 Å². The second kappa shape index (κ2) is 10.2. The van der Waals surface area contributed by atoms with Crippen LogP contribution in [0.2, 0.25) is 0 Å². The minimum absolute atomic E-state index is 0.0487. The van der Waals surface area contributed by atoms with Gasteiger partial charge in [0.2, 0.25) is 0 Å². The van der Waals surface area contributed by atoms with Gasteiger partial charge in [-0.05, 0) is 59.7 Å². The summed E-state index contributed by atoms with van der Waals surface area (Å²) in [6.45, 7) is 0. The lowest BCUT2D eigenvalue weighted by atomic mass is 9.99. The van der Waals surface area contributed by atoms with Crippen molar-refractivity contribution >= 4 is 57.9 Å². The van der Waals surface area contributed by atoms with E-state index in [9.17, 15) is 15.3 Å². The van der Waals surface area contributed by atoms with Crippen LogP contribution in [0.3, 0.4) is 0 Å². The molecule has 6 heteroatoms. The maximum atomic E-state index is 13.1. The quantitative estimate of drug-likeness (QED) is 0.201. The van der Waals surface area contributed by atoms with Gasteiger partial charge < -0.3 is 4.90 Å². The van der Waals surface area contributed by atoms with Crippen LogP contribution >= 0.6 is 22.7 Å². The molecule has 0 bridgehead atoms. The first-order valence-corrected chi connectivity index (χ1v) is 13.2. The SMILES string of the molecule is CN(C)c1ccc(/C=C/c2ccc(-c3ccc(/C=C4\C(=O)c5ccccc5C4=C(C#N)C#N)s3)s2)cc1. The van der Waals surface area contributed by atoms with Gasteiger partial charge in [-0.25, -0.2) is 0 Å².